The molecule has 2 aromatic rings. The third-order valence-corrected chi connectivity index (χ3v) is 5.08. The van der Waals surface area contributed by atoms with Gasteiger partial charge >= 0.3 is 11.9 Å². The number of hydrogen-bond donors (Lipinski definition) is 1. The van der Waals surface area contributed by atoms with E-state index in [4.69, 9.17) is 25.9 Å². The van der Waals surface area contributed by atoms with E-state index >= 15 is 0 Å². The summed E-state index contributed by atoms with van der Waals surface area (Å²) in [5, 5.41) is 8.84. The lowest BCUT2D eigenvalue weighted by atomic mass is 10.1. The van der Waals surface area contributed by atoms with E-state index in [-0.39, 0.29) is 22.8 Å². The highest BCUT2D eigenvalue weighted by molar-refractivity contribution is 8.18. The van der Waals surface area contributed by atoms with Gasteiger partial charge in [0.1, 0.15) is 18.1 Å². The summed E-state index contributed by atoms with van der Waals surface area (Å²) < 4.78 is 10.4. The molecule has 0 aliphatic carbocycles. The smallest absolute Gasteiger partial charge is 0.335 e. The number of imide groups is 1. The summed E-state index contributed by atoms with van der Waals surface area (Å²) in [6, 6.07) is 7.32. The van der Waals surface area contributed by atoms with Crippen molar-refractivity contribution in [1.29, 1.82) is 0 Å². The molecule has 8 nitrogen and oxygen atoms in total. The maximum Gasteiger partial charge on any atom is 0.335 e. The van der Waals surface area contributed by atoms with Gasteiger partial charge in [0.15, 0.2) is 0 Å². The van der Waals surface area contributed by atoms with Crippen LogP contribution >= 0.6 is 23.4 Å². The minimum absolute atomic E-state index is 0.0439. The molecular formula is C19H14ClNO7S. The van der Waals surface area contributed by atoms with Crippen LogP contribution < -0.4 is 0 Å². The summed E-state index contributed by atoms with van der Waals surface area (Å²) in [5.74, 6) is -1.85. The largest absolute Gasteiger partial charge is 0.478 e. The summed E-state index contributed by atoms with van der Waals surface area (Å²) in [5.41, 5.74) is 0.420. The van der Waals surface area contributed by atoms with Gasteiger partial charge in [-0.1, -0.05) is 11.6 Å². The third-order valence-electron chi connectivity index (χ3n) is 3.85. The molecule has 1 saturated heterocycles. The van der Waals surface area contributed by atoms with Crippen LogP contribution in [0.5, 0.6) is 0 Å². The average Bonchev–Trinajstić information content (AvgIpc) is 3.22. The molecule has 2 heterocycles. The molecule has 1 aliphatic heterocycles. The van der Waals surface area contributed by atoms with Crippen molar-refractivity contribution in [2.24, 2.45) is 0 Å². The number of hydrogen-bond acceptors (Lipinski definition) is 7. The monoisotopic (exact) mass is 435 g/mol. The van der Waals surface area contributed by atoms with Crippen LogP contribution in [0.4, 0.5) is 4.79 Å². The van der Waals surface area contributed by atoms with E-state index in [9.17, 15) is 19.2 Å². The van der Waals surface area contributed by atoms with Crippen molar-refractivity contribution in [1.82, 2.24) is 4.90 Å². The van der Waals surface area contributed by atoms with Crippen LogP contribution in [0.3, 0.4) is 0 Å². The second-order valence-electron chi connectivity index (χ2n) is 5.77. The number of thioether (sulfide) groups is 1. The van der Waals surface area contributed by atoms with Gasteiger partial charge in [0.2, 0.25) is 0 Å². The Kier molecular flexibility index (Phi) is 6.09. The molecule has 1 aliphatic rings. The fourth-order valence-electron chi connectivity index (χ4n) is 2.52. The number of amides is 2. The second kappa shape index (κ2) is 8.54. The summed E-state index contributed by atoms with van der Waals surface area (Å²) in [4.78, 5) is 48.0. The predicted molar refractivity (Wildman–Crippen MR) is 105 cm³/mol. The number of ether oxygens (including phenoxy) is 1. The SMILES string of the molecule is CCOC(=O)CN1C(=O)S/C(=C/c2ccc(-c3cc(C(=O)O)ccc3Cl)o2)C1=O. The number of esters is 1. The Bertz CT molecular complexity index is 1040. The van der Waals surface area contributed by atoms with Gasteiger partial charge in [-0.3, -0.25) is 19.3 Å². The Morgan fingerprint density at radius 2 is 2.03 bits per heavy atom. The molecule has 1 fully saturated rings. The molecule has 1 aromatic carbocycles. The summed E-state index contributed by atoms with van der Waals surface area (Å²) in [7, 11) is 0. The van der Waals surface area contributed by atoms with Gasteiger partial charge in [-0.2, -0.15) is 0 Å². The van der Waals surface area contributed by atoms with Crippen molar-refractivity contribution in [3.05, 3.63) is 51.6 Å². The quantitative estimate of drug-likeness (QED) is 0.536. The molecule has 0 spiro atoms. The molecule has 150 valence electrons. The van der Waals surface area contributed by atoms with Crippen LogP contribution in [0.1, 0.15) is 23.0 Å². The molecule has 0 atom stereocenters. The standard InChI is InChI=1S/C19H14ClNO7S/c1-2-27-16(22)9-21-17(23)15(29-19(21)26)8-11-4-6-14(28-11)12-7-10(18(24)25)3-5-13(12)20/h3-8H,2,9H2,1H3,(H,24,25)/b15-8+. The van der Waals surface area contributed by atoms with Gasteiger partial charge in [-0.05, 0) is 49.0 Å². The Morgan fingerprint density at radius 3 is 2.72 bits per heavy atom. The van der Waals surface area contributed by atoms with Crippen molar-refractivity contribution in [3.63, 3.8) is 0 Å². The van der Waals surface area contributed by atoms with Crippen LogP contribution in [0.2, 0.25) is 5.02 Å². The van der Waals surface area contributed by atoms with Crippen LogP contribution in [0.25, 0.3) is 17.4 Å². The van der Waals surface area contributed by atoms with Crippen molar-refractivity contribution >= 4 is 52.5 Å². The normalized spacial score (nSPS) is 15.2. The van der Waals surface area contributed by atoms with E-state index < -0.39 is 29.6 Å². The Balaban J connectivity index is 1.83. The fraction of sp³-hybridized carbons (Fsp3) is 0.158. The first-order valence-electron chi connectivity index (χ1n) is 8.34. The van der Waals surface area contributed by atoms with Gasteiger partial charge in [0.05, 0.1) is 22.1 Å². The van der Waals surface area contributed by atoms with Crippen LogP contribution in [-0.2, 0) is 14.3 Å². The number of halogens is 1. The number of carbonyl (C=O) groups is 4. The molecule has 2 amide bonds. The molecule has 3 rings (SSSR count). The topological polar surface area (TPSA) is 114 Å². The molecule has 0 saturated carbocycles. The number of carbonyl (C=O) groups excluding carboxylic acids is 3. The number of rotatable bonds is 6. The van der Waals surface area contributed by atoms with E-state index in [0.29, 0.717) is 28.1 Å². The van der Waals surface area contributed by atoms with Crippen molar-refractivity contribution in [2.45, 2.75) is 6.92 Å². The Labute approximate surface area is 174 Å². The van der Waals surface area contributed by atoms with Crippen molar-refractivity contribution < 1.29 is 33.4 Å². The van der Waals surface area contributed by atoms with E-state index in [0.717, 1.165) is 4.90 Å². The number of carboxylic acid groups (broad SMARTS) is 1. The maximum atomic E-state index is 12.4. The van der Waals surface area contributed by atoms with E-state index in [1.54, 1.807) is 19.1 Å². The highest BCUT2D eigenvalue weighted by Gasteiger charge is 2.36. The first-order chi connectivity index (χ1) is 13.8. The molecular weight excluding hydrogens is 422 g/mol. The van der Waals surface area contributed by atoms with E-state index in [2.05, 4.69) is 0 Å². The van der Waals surface area contributed by atoms with Crippen molar-refractivity contribution in [2.75, 3.05) is 13.2 Å². The lowest BCUT2D eigenvalue weighted by Crippen LogP contribution is -2.34. The molecule has 1 N–H and O–H groups in total. The number of carboxylic acids is 1. The number of aromatic carboxylic acids is 1. The number of furan rings is 1. The molecule has 10 heteroatoms. The lowest BCUT2D eigenvalue weighted by Gasteiger charge is -2.10. The molecule has 29 heavy (non-hydrogen) atoms. The zero-order valence-corrected chi connectivity index (χ0v) is 16.6. The molecule has 0 radical (unpaired) electrons. The summed E-state index contributed by atoms with van der Waals surface area (Å²) in [6.07, 6.45) is 1.37. The first kappa shape index (κ1) is 20.7. The molecule has 1 aromatic heterocycles. The number of benzene rings is 1. The molecule has 0 unspecified atom stereocenters. The first-order valence-corrected chi connectivity index (χ1v) is 9.53. The third kappa shape index (κ3) is 4.52. The maximum absolute atomic E-state index is 12.4. The predicted octanol–water partition coefficient (Wildman–Crippen LogP) is 3.90. The van der Waals surface area contributed by atoms with Crippen LogP contribution in [-0.4, -0.2) is 46.2 Å². The van der Waals surface area contributed by atoms with E-state index in [1.807, 2.05) is 0 Å². The summed E-state index contributed by atoms with van der Waals surface area (Å²) >= 11 is 6.81. The Morgan fingerprint density at radius 1 is 1.28 bits per heavy atom. The fourth-order valence-corrected chi connectivity index (χ4v) is 3.55. The van der Waals surface area contributed by atoms with Crippen LogP contribution in [0.15, 0.2) is 39.7 Å². The van der Waals surface area contributed by atoms with Gasteiger partial charge in [0, 0.05) is 11.6 Å². The van der Waals surface area contributed by atoms with Gasteiger partial charge < -0.3 is 14.3 Å². The minimum Gasteiger partial charge on any atom is -0.478 e. The van der Waals surface area contributed by atoms with Crippen LogP contribution in [0, 0.1) is 0 Å². The second-order valence-corrected chi connectivity index (χ2v) is 7.18. The Hall–Kier alpha value is -3.04. The van der Waals surface area contributed by atoms with Gasteiger partial charge in [0.25, 0.3) is 11.1 Å². The van der Waals surface area contributed by atoms with Gasteiger partial charge in [-0.25, -0.2) is 4.79 Å². The number of nitrogens with zero attached hydrogens (tertiary/aromatic N) is 1. The summed E-state index contributed by atoms with van der Waals surface area (Å²) in [6.45, 7) is 1.31. The lowest BCUT2D eigenvalue weighted by molar-refractivity contribution is -0.145. The minimum atomic E-state index is -1.11. The zero-order valence-electron chi connectivity index (χ0n) is 15.0. The van der Waals surface area contributed by atoms with E-state index in [1.165, 1.54) is 24.3 Å². The van der Waals surface area contributed by atoms with Gasteiger partial charge in [-0.15, -0.1) is 0 Å². The highest BCUT2D eigenvalue weighted by atomic mass is 35.5. The van der Waals surface area contributed by atoms with Crippen molar-refractivity contribution in [3.8, 4) is 11.3 Å². The highest BCUT2D eigenvalue weighted by Crippen LogP contribution is 2.34. The average molecular weight is 436 g/mol. The zero-order chi connectivity index (χ0) is 21.1. The molecule has 0 bridgehead atoms.